The van der Waals surface area contributed by atoms with Crippen LogP contribution in [0.2, 0.25) is 5.02 Å². The fraction of sp³-hybridized carbons (Fsp3) is 0.474. The van der Waals surface area contributed by atoms with Crippen molar-refractivity contribution in [2.45, 2.75) is 32.8 Å². The van der Waals surface area contributed by atoms with Crippen molar-refractivity contribution in [2.75, 3.05) is 19.6 Å². The lowest BCUT2D eigenvalue weighted by atomic mass is 10.2. The molecule has 0 saturated heterocycles. The second-order valence-corrected chi connectivity index (χ2v) is 6.59. The summed E-state index contributed by atoms with van der Waals surface area (Å²) < 4.78 is 7.68. The van der Waals surface area contributed by atoms with Crippen LogP contribution in [0.5, 0.6) is 5.75 Å². The number of nitrogens with one attached hydrogen (secondary N) is 2. The van der Waals surface area contributed by atoms with Gasteiger partial charge in [-0.1, -0.05) is 11.6 Å². The molecule has 1 aromatic carbocycles. The lowest BCUT2D eigenvalue weighted by Gasteiger charge is -2.15. The Bertz CT molecular complexity index is 683. The zero-order valence-electron chi connectivity index (χ0n) is 15.7. The van der Waals surface area contributed by atoms with Crippen LogP contribution in [0, 0.1) is 0 Å². The van der Waals surface area contributed by atoms with E-state index in [0.29, 0.717) is 11.6 Å². The second-order valence-electron chi connectivity index (χ2n) is 6.15. The van der Waals surface area contributed by atoms with Crippen molar-refractivity contribution in [2.24, 2.45) is 12.0 Å². The van der Waals surface area contributed by atoms with Gasteiger partial charge in [0.05, 0.1) is 12.7 Å². The average molecular weight is 378 g/mol. The van der Waals surface area contributed by atoms with E-state index in [1.54, 1.807) is 0 Å². The Labute approximate surface area is 160 Å². The first-order valence-electron chi connectivity index (χ1n) is 8.98. The van der Waals surface area contributed by atoms with Gasteiger partial charge in [0.15, 0.2) is 5.96 Å². The van der Waals surface area contributed by atoms with Crippen LogP contribution in [0.15, 0.2) is 41.7 Å². The summed E-state index contributed by atoms with van der Waals surface area (Å²) in [4.78, 5) is 4.60. The lowest BCUT2D eigenvalue weighted by molar-refractivity contribution is 0.230. The van der Waals surface area contributed by atoms with Crippen LogP contribution >= 0.6 is 11.6 Å². The molecule has 0 spiro atoms. The number of aromatic nitrogens is 2. The molecule has 142 valence electrons. The highest BCUT2D eigenvalue weighted by Gasteiger charge is 2.05. The number of aryl methyl sites for hydroxylation is 2. The molecule has 6 nitrogen and oxygen atoms in total. The number of guanidine groups is 1. The van der Waals surface area contributed by atoms with E-state index in [1.807, 2.05) is 49.1 Å². The molecule has 0 amide bonds. The number of ether oxygens (including phenoxy) is 1. The summed E-state index contributed by atoms with van der Waals surface area (Å²) in [6, 6.07) is 7.37. The van der Waals surface area contributed by atoms with Gasteiger partial charge in [-0.25, -0.2) is 4.99 Å². The first-order chi connectivity index (χ1) is 12.6. The number of hydrogen-bond donors (Lipinski definition) is 2. The lowest BCUT2D eigenvalue weighted by Crippen LogP contribution is -2.38. The van der Waals surface area contributed by atoms with Gasteiger partial charge in [-0.2, -0.15) is 5.10 Å². The van der Waals surface area contributed by atoms with Crippen LogP contribution in [0.1, 0.15) is 25.8 Å². The van der Waals surface area contributed by atoms with Crippen molar-refractivity contribution < 1.29 is 4.74 Å². The summed E-state index contributed by atoms with van der Waals surface area (Å²) in [6.45, 7) is 6.30. The van der Waals surface area contributed by atoms with Crippen LogP contribution in [-0.2, 0) is 13.5 Å². The molecule has 7 heteroatoms. The molecule has 0 aliphatic heterocycles. The van der Waals surface area contributed by atoms with Gasteiger partial charge in [0.25, 0.3) is 0 Å². The third kappa shape index (κ3) is 7.35. The van der Waals surface area contributed by atoms with E-state index in [9.17, 15) is 0 Å². The van der Waals surface area contributed by atoms with Crippen LogP contribution in [0.4, 0.5) is 0 Å². The molecular weight excluding hydrogens is 350 g/mol. The molecule has 0 aliphatic rings. The second kappa shape index (κ2) is 10.7. The fourth-order valence-corrected chi connectivity index (χ4v) is 2.57. The first kappa shape index (κ1) is 20.1. The fourth-order valence-electron chi connectivity index (χ4n) is 2.44. The smallest absolute Gasteiger partial charge is 0.191 e. The molecule has 0 bridgehead atoms. The van der Waals surface area contributed by atoms with Gasteiger partial charge < -0.3 is 15.4 Å². The highest BCUT2D eigenvalue weighted by Crippen LogP contribution is 2.16. The van der Waals surface area contributed by atoms with Gasteiger partial charge in [-0.05, 0) is 56.5 Å². The summed E-state index contributed by atoms with van der Waals surface area (Å²) in [5, 5.41) is 11.5. The maximum absolute atomic E-state index is 5.89. The van der Waals surface area contributed by atoms with Gasteiger partial charge in [-0.15, -0.1) is 0 Å². The van der Waals surface area contributed by atoms with Crippen LogP contribution < -0.4 is 15.4 Å². The van der Waals surface area contributed by atoms with Crippen molar-refractivity contribution in [3.8, 4) is 5.75 Å². The van der Waals surface area contributed by atoms with Crippen molar-refractivity contribution >= 4 is 17.6 Å². The van der Waals surface area contributed by atoms with Crippen molar-refractivity contribution in [1.82, 2.24) is 20.4 Å². The van der Waals surface area contributed by atoms with Crippen LogP contribution in [0.3, 0.4) is 0 Å². The van der Waals surface area contributed by atoms with Gasteiger partial charge in [0, 0.05) is 31.4 Å². The largest absolute Gasteiger partial charge is 0.489 e. The minimum absolute atomic E-state index is 0.0259. The molecule has 0 fully saturated rings. The van der Waals surface area contributed by atoms with Crippen molar-refractivity contribution in [1.29, 1.82) is 0 Å². The zero-order valence-corrected chi connectivity index (χ0v) is 16.5. The standard InChI is InChI=1S/C19H28ClN5O/c1-4-21-19(22-11-5-6-16-13-24-25(3)14-16)23-12-15(2)26-18-9-7-17(20)8-10-18/h7-10,13-15H,4-6,11-12H2,1-3H3,(H2,21,22,23). The molecule has 1 heterocycles. The topological polar surface area (TPSA) is 63.5 Å². The maximum atomic E-state index is 5.89. The van der Waals surface area contributed by atoms with E-state index in [4.69, 9.17) is 16.3 Å². The summed E-state index contributed by atoms with van der Waals surface area (Å²) in [5.74, 6) is 1.61. The number of benzene rings is 1. The Kier molecular flexibility index (Phi) is 8.28. The minimum atomic E-state index is -0.0259. The third-order valence-electron chi connectivity index (χ3n) is 3.69. The molecule has 2 N–H and O–H groups in total. The van der Waals surface area contributed by atoms with E-state index >= 15 is 0 Å². The predicted octanol–water partition coefficient (Wildman–Crippen LogP) is 3.03. The molecule has 2 rings (SSSR count). The Hall–Kier alpha value is -2.21. The normalized spacial score (nSPS) is 12.7. The molecule has 1 atom stereocenters. The molecular formula is C19H28ClN5O. The van der Waals surface area contributed by atoms with Gasteiger partial charge in [0.2, 0.25) is 0 Å². The minimum Gasteiger partial charge on any atom is -0.489 e. The van der Waals surface area contributed by atoms with E-state index in [1.165, 1.54) is 5.56 Å². The maximum Gasteiger partial charge on any atom is 0.191 e. The number of aliphatic imine (C=N–C) groups is 1. The molecule has 1 unspecified atom stereocenters. The third-order valence-corrected chi connectivity index (χ3v) is 3.95. The van der Waals surface area contributed by atoms with E-state index in [-0.39, 0.29) is 6.10 Å². The number of nitrogens with zero attached hydrogens (tertiary/aromatic N) is 3. The molecule has 0 aliphatic carbocycles. The molecule has 2 aromatic rings. The molecule has 26 heavy (non-hydrogen) atoms. The first-order valence-corrected chi connectivity index (χ1v) is 9.36. The predicted molar refractivity (Wildman–Crippen MR) is 107 cm³/mol. The Morgan fingerprint density at radius 3 is 2.73 bits per heavy atom. The number of rotatable bonds is 9. The van der Waals surface area contributed by atoms with E-state index in [0.717, 1.165) is 37.6 Å². The summed E-state index contributed by atoms with van der Waals surface area (Å²) in [5.41, 5.74) is 1.25. The van der Waals surface area contributed by atoms with Crippen LogP contribution in [-0.4, -0.2) is 41.5 Å². The zero-order chi connectivity index (χ0) is 18.8. The highest BCUT2D eigenvalue weighted by molar-refractivity contribution is 6.30. The van der Waals surface area contributed by atoms with Gasteiger partial charge in [0.1, 0.15) is 11.9 Å². The molecule has 1 aromatic heterocycles. The average Bonchev–Trinajstić information content (AvgIpc) is 3.03. The van der Waals surface area contributed by atoms with E-state index < -0.39 is 0 Å². The van der Waals surface area contributed by atoms with Crippen LogP contribution in [0.25, 0.3) is 0 Å². The van der Waals surface area contributed by atoms with Crippen molar-refractivity contribution in [3.63, 3.8) is 0 Å². The van der Waals surface area contributed by atoms with Gasteiger partial charge in [-0.3, -0.25) is 4.68 Å². The summed E-state index contributed by atoms with van der Waals surface area (Å²) in [7, 11) is 1.94. The molecule has 0 saturated carbocycles. The molecule has 0 radical (unpaired) electrons. The number of halogens is 1. The highest BCUT2D eigenvalue weighted by atomic mass is 35.5. The van der Waals surface area contributed by atoms with E-state index in [2.05, 4.69) is 33.8 Å². The number of hydrogen-bond acceptors (Lipinski definition) is 3. The Morgan fingerprint density at radius 1 is 1.31 bits per heavy atom. The Morgan fingerprint density at radius 2 is 2.08 bits per heavy atom. The van der Waals surface area contributed by atoms with Gasteiger partial charge >= 0.3 is 0 Å². The summed E-state index contributed by atoms with van der Waals surface area (Å²) in [6.07, 6.45) is 5.95. The monoisotopic (exact) mass is 377 g/mol. The SMILES string of the molecule is CCNC(=NCC(C)Oc1ccc(Cl)cc1)NCCCc1cnn(C)c1. The Balaban J connectivity index is 1.74. The summed E-state index contributed by atoms with van der Waals surface area (Å²) >= 11 is 5.89. The quantitative estimate of drug-likeness (QED) is 0.400. The van der Waals surface area contributed by atoms with Crippen molar-refractivity contribution in [3.05, 3.63) is 47.2 Å².